The van der Waals surface area contributed by atoms with Gasteiger partial charge in [-0.3, -0.25) is 19.6 Å². The maximum Gasteiger partial charge on any atom is 0.290 e. The monoisotopic (exact) mass is 420 g/mol. The lowest BCUT2D eigenvalue weighted by Crippen LogP contribution is -2.43. The zero-order valence-corrected chi connectivity index (χ0v) is 18.6. The van der Waals surface area contributed by atoms with E-state index in [1.54, 1.807) is 0 Å². The van der Waals surface area contributed by atoms with Crippen molar-refractivity contribution in [2.24, 2.45) is 17.8 Å². The summed E-state index contributed by atoms with van der Waals surface area (Å²) in [6.45, 7) is 11.9. The summed E-state index contributed by atoms with van der Waals surface area (Å²) in [5, 5.41) is 17.6. The van der Waals surface area contributed by atoms with Crippen LogP contribution in [0.3, 0.4) is 0 Å². The fourth-order valence-electron chi connectivity index (χ4n) is 5.73. The van der Waals surface area contributed by atoms with Crippen molar-refractivity contribution in [2.45, 2.75) is 71.6 Å². The molecule has 168 valence electrons. The number of aromatic amines is 1. The molecule has 3 N–H and O–H groups in total. The molecule has 4 heterocycles. The number of hydrogen-bond donors (Lipinski definition) is 3. The van der Waals surface area contributed by atoms with Crippen LogP contribution in [0.15, 0.2) is 0 Å². The summed E-state index contributed by atoms with van der Waals surface area (Å²) >= 11 is 0. The van der Waals surface area contributed by atoms with Crippen LogP contribution in [0.5, 0.6) is 0 Å². The number of amides is 1. The molecule has 1 aromatic rings. The number of aryl methyl sites for hydroxylation is 2. The van der Waals surface area contributed by atoms with E-state index in [1.807, 2.05) is 0 Å². The Hall–Kier alpha value is -1.93. The summed E-state index contributed by atoms with van der Waals surface area (Å²) in [6.07, 6.45) is 4.46. The first-order chi connectivity index (χ1) is 14.4. The Morgan fingerprint density at radius 1 is 1.43 bits per heavy atom. The number of carbonyl (C=O) groups is 2. The average molecular weight is 421 g/mol. The highest BCUT2D eigenvalue weighted by molar-refractivity contribution is 5.78. The molecule has 0 aliphatic carbocycles. The van der Waals surface area contributed by atoms with Crippen molar-refractivity contribution in [3.8, 4) is 0 Å². The third kappa shape index (κ3) is 4.25. The van der Waals surface area contributed by atoms with Crippen molar-refractivity contribution >= 4 is 12.4 Å². The standard InChI is InChI=1S/C21H34N4O2.CH2O2/c1-5-15(6-2)20(26)22-9-16-18-11-25(10-17-13(3)23-24-14(17)4)12-21(18)8-7-19(16)27-21;2-1-3/h15-16,18-19H,5-12H2,1-4H3,(H,22,26)(H,23,24);1H,(H,2,3)/t16-,18+,19+,21+;/m0./s1. The molecule has 0 unspecified atom stereocenters. The number of fused-ring (bicyclic) bond motifs is 1. The predicted molar refractivity (Wildman–Crippen MR) is 113 cm³/mol. The smallest absolute Gasteiger partial charge is 0.290 e. The summed E-state index contributed by atoms with van der Waals surface area (Å²) in [7, 11) is 0. The Balaban J connectivity index is 0.000000806. The first-order valence-corrected chi connectivity index (χ1v) is 11.1. The second-order valence-electron chi connectivity index (χ2n) is 8.98. The van der Waals surface area contributed by atoms with E-state index in [9.17, 15) is 4.79 Å². The number of rotatable bonds is 7. The van der Waals surface area contributed by atoms with Crippen LogP contribution in [-0.4, -0.2) is 63.9 Å². The largest absolute Gasteiger partial charge is 0.483 e. The maximum absolute atomic E-state index is 12.4. The lowest BCUT2D eigenvalue weighted by atomic mass is 9.73. The number of carbonyl (C=O) groups excluding carboxylic acids is 1. The van der Waals surface area contributed by atoms with E-state index < -0.39 is 0 Å². The molecule has 8 nitrogen and oxygen atoms in total. The van der Waals surface area contributed by atoms with Crippen molar-refractivity contribution in [3.63, 3.8) is 0 Å². The molecule has 3 aliphatic heterocycles. The van der Waals surface area contributed by atoms with Gasteiger partial charge < -0.3 is 15.2 Å². The average Bonchev–Trinajstić information content (AvgIpc) is 3.44. The summed E-state index contributed by atoms with van der Waals surface area (Å²) in [6, 6.07) is 0. The molecule has 3 saturated heterocycles. The Morgan fingerprint density at radius 2 is 2.13 bits per heavy atom. The van der Waals surface area contributed by atoms with Crippen molar-refractivity contribution in [3.05, 3.63) is 17.0 Å². The van der Waals surface area contributed by atoms with Crippen LogP contribution in [-0.2, 0) is 20.9 Å². The van der Waals surface area contributed by atoms with Crippen LogP contribution in [0.2, 0.25) is 0 Å². The molecule has 3 aliphatic rings. The number of ether oxygens (including phenoxy) is 1. The van der Waals surface area contributed by atoms with Gasteiger partial charge in [0.15, 0.2) is 0 Å². The number of carboxylic acid groups (broad SMARTS) is 1. The first kappa shape index (κ1) is 22.7. The topological polar surface area (TPSA) is 108 Å². The van der Waals surface area contributed by atoms with E-state index in [0.29, 0.717) is 17.9 Å². The third-order valence-electron chi connectivity index (χ3n) is 7.39. The van der Waals surface area contributed by atoms with Gasteiger partial charge in [-0.05, 0) is 39.5 Å². The SMILES string of the molecule is CCC(CC)C(=O)NC[C@H]1[C@H]2CN(Cc3c(C)n[nH]c3C)C[C@]23CC[C@H]1O3.O=CO. The molecule has 0 saturated carbocycles. The van der Waals surface area contributed by atoms with Gasteiger partial charge in [0, 0.05) is 55.2 Å². The van der Waals surface area contributed by atoms with Crippen LogP contribution in [0.4, 0.5) is 0 Å². The van der Waals surface area contributed by atoms with Crippen molar-refractivity contribution in [1.82, 2.24) is 20.4 Å². The highest BCUT2D eigenvalue weighted by Crippen LogP contribution is 2.54. The van der Waals surface area contributed by atoms with Gasteiger partial charge in [0.2, 0.25) is 5.91 Å². The van der Waals surface area contributed by atoms with Gasteiger partial charge in [0.05, 0.1) is 17.4 Å². The van der Waals surface area contributed by atoms with Crippen LogP contribution < -0.4 is 5.32 Å². The zero-order chi connectivity index (χ0) is 21.9. The molecule has 1 aromatic heterocycles. The molecular formula is C22H36N4O4. The number of hydrogen-bond acceptors (Lipinski definition) is 5. The number of likely N-dealkylation sites (tertiary alicyclic amines) is 1. The van der Waals surface area contributed by atoms with Gasteiger partial charge in [0.1, 0.15) is 0 Å². The quantitative estimate of drug-likeness (QED) is 0.584. The summed E-state index contributed by atoms with van der Waals surface area (Å²) in [5.74, 6) is 1.35. The van der Waals surface area contributed by atoms with Crippen LogP contribution in [0.25, 0.3) is 0 Å². The minimum absolute atomic E-state index is 0.0144. The van der Waals surface area contributed by atoms with Gasteiger partial charge in [0.25, 0.3) is 6.47 Å². The predicted octanol–water partition coefficient (Wildman–Crippen LogP) is 2.26. The zero-order valence-electron chi connectivity index (χ0n) is 18.6. The van der Waals surface area contributed by atoms with E-state index in [2.05, 4.69) is 48.1 Å². The number of aromatic nitrogens is 2. The van der Waals surface area contributed by atoms with Crippen molar-refractivity contribution in [2.75, 3.05) is 19.6 Å². The second kappa shape index (κ2) is 9.47. The molecule has 2 bridgehead atoms. The highest BCUT2D eigenvalue weighted by Gasteiger charge is 2.62. The maximum atomic E-state index is 12.4. The molecule has 30 heavy (non-hydrogen) atoms. The van der Waals surface area contributed by atoms with Crippen LogP contribution in [0.1, 0.15) is 56.5 Å². The molecule has 0 aromatic carbocycles. The molecule has 0 radical (unpaired) electrons. The Kier molecular flexibility index (Phi) is 7.18. The summed E-state index contributed by atoms with van der Waals surface area (Å²) < 4.78 is 6.54. The first-order valence-electron chi connectivity index (χ1n) is 11.1. The molecule has 8 heteroatoms. The van der Waals surface area contributed by atoms with Gasteiger partial charge >= 0.3 is 0 Å². The van der Waals surface area contributed by atoms with E-state index in [1.165, 1.54) is 17.7 Å². The minimum Gasteiger partial charge on any atom is -0.483 e. The van der Waals surface area contributed by atoms with Crippen molar-refractivity contribution in [1.29, 1.82) is 0 Å². The van der Waals surface area contributed by atoms with Crippen LogP contribution >= 0.6 is 0 Å². The fraction of sp³-hybridized carbons (Fsp3) is 0.773. The molecular weight excluding hydrogens is 384 g/mol. The highest BCUT2D eigenvalue weighted by atomic mass is 16.5. The molecule has 4 rings (SSSR count). The van der Waals surface area contributed by atoms with E-state index in [4.69, 9.17) is 14.6 Å². The molecule has 1 spiro atoms. The Morgan fingerprint density at radius 3 is 2.73 bits per heavy atom. The number of H-pyrrole nitrogens is 1. The number of nitrogens with zero attached hydrogens (tertiary/aromatic N) is 2. The minimum atomic E-state index is -0.250. The number of nitrogens with one attached hydrogen (secondary N) is 2. The summed E-state index contributed by atoms with van der Waals surface area (Å²) in [4.78, 5) is 23.3. The Labute approximate surface area is 178 Å². The van der Waals surface area contributed by atoms with E-state index in [-0.39, 0.29) is 23.9 Å². The second-order valence-corrected chi connectivity index (χ2v) is 8.98. The normalized spacial score (nSPS) is 29.6. The lowest BCUT2D eigenvalue weighted by molar-refractivity contribution is -0.125. The van der Waals surface area contributed by atoms with E-state index in [0.717, 1.165) is 51.1 Å². The summed E-state index contributed by atoms with van der Waals surface area (Å²) in [5.41, 5.74) is 3.60. The Bertz CT molecular complexity index is 728. The lowest BCUT2D eigenvalue weighted by Gasteiger charge is -2.30. The van der Waals surface area contributed by atoms with Crippen molar-refractivity contribution < 1.29 is 19.4 Å². The van der Waals surface area contributed by atoms with Gasteiger partial charge in [-0.1, -0.05) is 13.8 Å². The molecule has 4 atom stereocenters. The van der Waals surface area contributed by atoms with Gasteiger partial charge in [-0.2, -0.15) is 5.10 Å². The fourth-order valence-corrected chi connectivity index (χ4v) is 5.73. The molecule has 3 fully saturated rings. The van der Waals surface area contributed by atoms with Gasteiger partial charge in [-0.15, -0.1) is 0 Å². The van der Waals surface area contributed by atoms with E-state index >= 15 is 0 Å². The molecule has 1 amide bonds. The van der Waals surface area contributed by atoms with Gasteiger partial charge in [-0.25, -0.2) is 0 Å². The van der Waals surface area contributed by atoms with Crippen LogP contribution in [0, 0.1) is 31.6 Å². The third-order valence-corrected chi connectivity index (χ3v) is 7.39.